The SMILES string of the molecule is COC(=O)N1CCC2([C@@]3(CCN=[N+]=[N-])C(=O)Nc4ccccc43)c3cc(Cl)ccc3N[C@H]12. The van der Waals surface area contributed by atoms with Gasteiger partial charge in [0.25, 0.3) is 0 Å². The summed E-state index contributed by atoms with van der Waals surface area (Å²) >= 11 is 6.42. The van der Waals surface area contributed by atoms with Gasteiger partial charge in [0.15, 0.2) is 0 Å². The van der Waals surface area contributed by atoms with Gasteiger partial charge in [-0.2, -0.15) is 0 Å². The summed E-state index contributed by atoms with van der Waals surface area (Å²) in [6.07, 6.45) is -0.226. The molecular weight excluding hydrogens is 432 g/mol. The second-order valence-corrected chi connectivity index (χ2v) is 8.67. The molecule has 0 saturated carbocycles. The van der Waals surface area contributed by atoms with E-state index in [4.69, 9.17) is 21.9 Å². The number of fused-ring (bicyclic) bond motifs is 4. The number of nitrogens with zero attached hydrogens (tertiary/aromatic N) is 4. The van der Waals surface area contributed by atoms with E-state index in [1.807, 2.05) is 36.4 Å². The lowest BCUT2D eigenvalue weighted by Gasteiger charge is -2.46. The molecule has 5 rings (SSSR count). The summed E-state index contributed by atoms with van der Waals surface area (Å²) < 4.78 is 5.05. The van der Waals surface area contributed by atoms with Crippen molar-refractivity contribution in [2.24, 2.45) is 5.11 Å². The van der Waals surface area contributed by atoms with Gasteiger partial charge in [-0.15, -0.1) is 0 Å². The number of likely N-dealkylation sites (tertiary alicyclic amines) is 1. The van der Waals surface area contributed by atoms with Crippen LogP contribution in [0.25, 0.3) is 10.4 Å². The van der Waals surface area contributed by atoms with Crippen molar-refractivity contribution < 1.29 is 14.3 Å². The number of carbonyl (C=O) groups excluding carboxylic acids is 2. The Balaban J connectivity index is 1.81. The highest BCUT2D eigenvalue weighted by Gasteiger charge is 2.70. The summed E-state index contributed by atoms with van der Waals surface area (Å²) in [5, 5.41) is 10.8. The Morgan fingerprint density at radius 3 is 2.91 bits per heavy atom. The van der Waals surface area contributed by atoms with E-state index in [9.17, 15) is 9.59 Å². The summed E-state index contributed by atoms with van der Waals surface area (Å²) in [6, 6.07) is 13.1. The van der Waals surface area contributed by atoms with Gasteiger partial charge in [-0.25, -0.2) is 4.79 Å². The van der Waals surface area contributed by atoms with Gasteiger partial charge in [0.05, 0.1) is 17.9 Å². The fourth-order valence-electron chi connectivity index (χ4n) is 5.95. The standard InChI is InChI=1S/C22H21ClN6O3/c1-32-20(31)29-11-9-21(15-12-13(23)6-7-17(15)26-18(21)29)22(8-10-25-28-24)14-4-2-3-5-16(14)27-19(22)30/h2-7,12,18,26H,8-11H2,1H3,(H,27,30)/t18-,21?,22-/m1/s1. The van der Waals surface area contributed by atoms with Crippen LogP contribution in [0.2, 0.25) is 5.02 Å². The topological polar surface area (TPSA) is 119 Å². The van der Waals surface area contributed by atoms with E-state index in [1.54, 1.807) is 11.0 Å². The Morgan fingerprint density at radius 1 is 1.31 bits per heavy atom. The second kappa shape index (κ2) is 7.32. The first kappa shape index (κ1) is 20.5. The number of benzene rings is 2. The van der Waals surface area contributed by atoms with Crippen LogP contribution in [0.4, 0.5) is 16.2 Å². The minimum absolute atomic E-state index is 0.126. The van der Waals surface area contributed by atoms with Gasteiger partial charge < -0.3 is 15.4 Å². The quantitative estimate of drug-likeness (QED) is 0.406. The van der Waals surface area contributed by atoms with Crippen LogP contribution in [0.1, 0.15) is 24.0 Å². The molecule has 164 valence electrons. The number of amides is 2. The van der Waals surface area contributed by atoms with Gasteiger partial charge in [-0.3, -0.25) is 9.69 Å². The number of nitrogens with one attached hydrogen (secondary N) is 2. The number of hydrogen-bond acceptors (Lipinski definition) is 5. The van der Waals surface area contributed by atoms with E-state index < -0.39 is 23.1 Å². The Bertz CT molecular complexity index is 1180. The molecule has 3 aliphatic heterocycles. The highest BCUT2D eigenvalue weighted by atomic mass is 35.5. The lowest BCUT2D eigenvalue weighted by atomic mass is 9.55. The molecule has 1 saturated heterocycles. The van der Waals surface area contributed by atoms with E-state index in [0.29, 0.717) is 18.0 Å². The third-order valence-corrected chi connectivity index (χ3v) is 7.36. The molecule has 32 heavy (non-hydrogen) atoms. The summed E-state index contributed by atoms with van der Waals surface area (Å²) in [5.74, 6) is -0.182. The van der Waals surface area contributed by atoms with Crippen molar-refractivity contribution in [2.45, 2.75) is 29.8 Å². The van der Waals surface area contributed by atoms with Gasteiger partial charge >= 0.3 is 6.09 Å². The molecule has 0 aromatic heterocycles. The number of carbonyl (C=O) groups is 2. The number of para-hydroxylation sites is 1. The van der Waals surface area contributed by atoms with Gasteiger partial charge in [0, 0.05) is 34.4 Å². The van der Waals surface area contributed by atoms with Crippen LogP contribution in [0.5, 0.6) is 0 Å². The molecule has 3 atom stereocenters. The van der Waals surface area contributed by atoms with Crippen molar-refractivity contribution >= 4 is 35.0 Å². The van der Waals surface area contributed by atoms with E-state index >= 15 is 0 Å². The van der Waals surface area contributed by atoms with Gasteiger partial charge in [-0.1, -0.05) is 34.9 Å². The molecule has 2 N–H and O–H groups in total. The van der Waals surface area contributed by atoms with Crippen LogP contribution in [0.15, 0.2) is 47.6 Å². The lowest BCUT2D eigenvalue weighted by Crippen LogP contribution is -2.60. The largest absolute Gasteiger partial charge is 0.453 e. The molecule has 2 amide bonds. The summed E-state index contributed by atoms with van der Waals surface area (Å²) in [5.41, 5.74) is 10.2. The van der Waals surface area contributed by atoms with Crippen molar-refractivity contribution in [2.75, 3.05) is 30.8 Å². The van der Waals surface area contributed by atoms with Crippen LogP contribution >= 0.6 is 11.6 Å². The predicted octanol–water partition coefficient (Wildman–Crippen LogP) is 4.39. The Morgan fingerprint density at radius 2 is 2.12 bits per heavy atom. The van der Waals surface area contributed by atoms with Crippen molar-refractivity contribution in [3.63, 3.8) is 0 Å². The van der Waals surface area contributed by atoms with E-state index in [-0.39, 0.29) is 18.9 Å². The highest BCUT2D eigenvalue weighted by Crippen LogP contribution is 2.63. The highest BCUT2D eigenvalue weighted by molar-refractivity contribution is 6.30. The van der Waals surface area contributed by atoms with Gasteiger partial charge in [-0.05, 0) is 53.8 Å². The maximum atomic E-state index is 13.9. The smallest absolute Gasteiger partial charge is 0.411 e. The molecule has 1 fully saturated rings. The summed E-state index contributed by atoms with van der Waals surface area (Å²) in [7, 11) is 1.34. The summed E-state index contributed by atoms with van der Waals surface area (Å²) in [4.78, 5) is 31.1. The second-order valence-electron chi connectivity index (χ2n) is 8.23. The first-order chi connectivity index (χ1) is 15.5. The van der Waals surface area contributed by atoms with E-state index in [0.717, 1.165) is 22.5 Å². The number of hydrogen-bond donors (Lipinski definition) is 2. The maximum Gasteiger partial charge on any atom is 0.411 e. The molecule has 2 aromatic carbocycles. The number of azide groups is 1. The van der Waals surface area contributed by atoms with E-state index in [1.165, 1.54) is 7.11 Å². The zero-order chi connectivity index (χ0) is 22.5. The average molecular weight is 453 g/mol. The molecule has 10 heteroatoms. The number of anilines is 2. The molecule has 2 aromatic rings. The molecule has 0 spiro atoms. The third kappa shape index (κ3) is 2.49. The van der Waals surface area contributed by atoms with Crippen molar-refractivity contribution in [3.05, 3.63) is 69.1 Å². The van der Waals surface area contributed by atoms with Crippen molar-refractivity contribution in [3.8, 4) is 0 Å². The molecular formula is C22H21ClN6O3. The predicted molar refractivity (Wildman–Crippen MR) is 120 cm³/mol. The molecule has 3 aliphatic rings. The minimum Gasteiger partial charge on any atom is -0.453 e. The van der Waals surface area contributed by atoms with Crippen molar-refractivity contribution in [1.82, 2.24) is 4.90 Å². The molecule has 0 aliphatic carbocycles. The molecule has 1 unspecified atom stereocenters. The number of methoxy groups -OCH3 is 1. The van der Waals surface area contributed by atoms with Crippen LogP contribution in [-0.2, 0) is 20.4 Å². The Hall–Kier alpha value is -3.42. The van der Waals surface area contributed by atoms with Crippen LogP contribution < -0.4 is 10.6 Å². The lowest BCUT2D eigenvalue weighted by molar-refractivity contribution is -0.124. The van der Waals surface area contributed by atoms with Crippen LogP contribution in [-0.4, -0.2) is 43.3 Å². The van der Waals surface area contributed by atoms with Gasteiger partial charge in [0.1, 0.15) is 6.17 Å². The Labute approximate surface area is 189 Å². The monoisotopic (exact) mass is 452 g/mol. The molecule has 3 heterocycles. The molecule has 0 bridgehead atoms. The van der Waals surface area contributed by atoms with Gasteiger partial charge in [0.2, 0.25) is 5.91 Å². The molecule has 0 radical (unpaired) electrons. The first-order valence-corrected chi connectivity index (χ1v) is 10.7. The average Bonchev–Trinajstić information content (AvgIpc) is 3.41. The number of rotatable bonds is 4. The number of halogens is 1. The normalized spacial score (nSPS) is 27.0. The fraction of sp³-hybridized carbons (Fsp3) is 0.364. The van der Waals surface area contributed by atoms with Crippen LogP contribution in [0, 0.1) is 0 Å². The number of ether oxygens (including phenoxy) is 1. The van der Waals surface area contributed by atoms with Crippen LogP contribution in [0.3, 0.4) is 0 Å². The van der Waals surface area contributed by atoms with E-state index in [2.05, 4.69) is 20.7 Å². The third-order valence-electron chi connectivity index (χ3n) is 7.12. The summed E-state index contributed by atoms with van der Waals surface area (Å²) in [6.45, 7) is 0.524. The van der Waals surface area contributed by atoms with Crippen molar-refractivity contribution in [1.29, 1.82) is 0 Å². The maximum absolute atomic E-state index is 13.9. The minimum atomic E-state index is -1.09. The zero-order valence-corrected chi connectivity index (χ0v) is 18.1. The first-order valence-electron chi connectivity index (χ1n) is 10.3. The molecule has 9 nitrogen and oxygen atoms in total. The zero-order valence-electron chi connectivity index (χ0n) is 17.3. The fourth-order valence-corrected chi connectivity index (χ4v) is 6.13. The Kier molecular flexibility index (Phi) is 4.69.